The third kappa shape index (κ3) is 4.54. The SMILES string of the molecule is CC1(C)c2ccccc2N(c2ccc(-c3ccc4c(c3)C3(c5ccccc5Oc5ccccc53)c3ccccc3[SiH]4c3ccccc3)cc2)c2ccccc21. The Morgan fingerprint density at radius 3 is 1.55 bits per heavy atom. The molecule has 55 heavy (non-hydrogen) atoms. The van der Waals surface area contributed by atoms with Gasteiger partial charge in [-0.1, -0.05) is 171 Å². The number of nitrogens with zero attached hydrogens (tertiary/aromatic N) is 1. The van der Waals surface area contributed by atoms with E-state index in [-0.39, 0.29) is 5.41 Å². The Kier molecular flexibility index (Phi) is 7.02. The van der Waals surface area contributed by atoms with Crippen molar-refractivity contribution in [2.75, 3.05) is 4.90 Å². The van der Waals surface area contributed by atoms with E-state index in [4.69, 9.17) is 4.74 Å². The summed E-state index contributed by atoms with van der Waals surface area (Å²) in [6.07, 6.45) is 0. The highest BCUT2D eigenvalue weighted by Gasteiger charge is 2.51. The lowest BCUT2D eigenvalue weighted by Gasteiger charge is -2.47. The van der Waals surface area contributed by atoms with Crippen LogP contribution >= 0.6 is 0 Å². The minimum Gasteiger partial charge on any atom is -0.457 e. The van der Waals surface area contributed by atoms with Crippen molar-refractivity contribution in [2.24, 2.45) is 0 Å². The maximum Gasteiger partial charge on any atom is 0.133 e. The van der Waals surface area contributed by atoms with Crippen molar-refractivity contribution in [3.8, 4) is 22.6 Å². The molecule has 1 unspecified atom stereocenters. The Balaban J connectivity index is 1.13. The summed E-state index contributed by atoms with van der Waals surface area (Å²) in [4.78, 5) is 2.43. The maximum atomic E-state index is 6.70. The molecule has 3 aliphatic heterocycles. The molecule has 0 saturated carbocycles. The molecule has 0 saturated heterocycles. The van der Waals surface area contributed by atoms with Gasteiger partial charge in [0.1, 0.15) is 20.3 Å². The van der Waals surface area contributed by atoms with Crippen molar-refractivity contribution in [1.82, 2.24) is 0 Å². The van der Waals surface area contributed by atoms with Gasteiger partial charge in [-0.05, 0) is 86.2 Å². The van der Waals surface area contributed by atoms with E-state index in [0.29, 0.717) is 0 Å². The van der Waals surface area contributed by atoms with Gasteiger partial charge >= 0.3 is 0 Å². The molecule has 0 radical (unpaired) electrons. The lowest BCUT2D eigenvalue weighted by atomic mass is 9.63. The van der Waals surface area contributed by atoms with Crippen LogP contribution in [0.15, 0.2) is 194 Å². The van der Waals surface area contributed by atoms with Gasteiger partial charge in [-0.25, -0.2) is 0 Å². The van der Waals surface area contributed by atoms with Gasteiger partial charge in [-0.2, -0.15) is 0 Å². The Labute approximate surface area is 324 Å². The number of para-hydroxylation sites is 4. The molecule has 0 aliphatic carbocycles. The number of fused-ring (bicyclic) bond motifs is 10. The zero-order valence-electron chi connectivity index (χ0n) is 30.9. The Hall–Kier alpha value is -6.42. The van der Waals surface area contributed by atoms with Crippen LogP contribution in [0.2, 0.25) is 0 Å². The van der Waals surface area contributed by atoms with Gasteiger partial charge in [0.15, 0.2) is 0 Å². The first kappa shape index (κ1) is 32.0. The zero-order valence-corrected chi connectivity index (χ0v) is 32.1. The van der Waals surface area contributed by atoms with Gasteiger partial charge in [-0.15, -0.1) is 0 Å². The smallest absolute Gasteiger partial charge is 0.133 e. The summed E-state index contributed by atoms with van der Waals surface area (Å²) in [6.45, 7) is 4.68. The van der Waals surface area contributed by atoms with Gasteiger partial charge in [0.25, 0.3) is 0 Å². The van der Waals surface area contributed by atoms with Gasteiger partial charge in [-0.3, -0.25) is 0 Å². The van der Waals surface area contributed by atoms with Crippen LogP contribution in [0, 0.1) is 0 Å². The quantitative estimate of drug-likeness (QED) is 0.169. The van der Waals surface area contributed by atoms with Crippen molar-refractivity contribution in [3.63, 3.8) is 0 Å². The van der Waals surface area contributed by atoms with Crippen molar-refractivity contribution in [2.45, 2.75) is 24.7 Å². The molecule has 0 fully saturated rings. The number of benzene rings is 8. The molecule has 8 aromatic carbocycles. The molecule has 0 amide bonds. The molecule has 0 bridgehead atoms. The minimum absolute atomic E-state index is 0.0936. The average molecular weight is 722 g/mol. The fraction of sp³-hybridized carbons (Fsp3) is 0.0769. The first-order valence-electron chi connectivity index (χ1n) is 19.3. The molecule has 262 valence electrons. The normalized spacial score (nSPS) is 16.4. The van der Waals surface area contributed by atoms with Crippen LogP contribution in [0.3, 0.4) is 0 Å². The number of anilines is 3. The minimum atomic E-state index is -1.87. The molecule has 3 heteroatoms. The van der Waals surface area contributed by atoms with E-state index in [2.05, 4.69) is 213 Å². The third-order valence-corrected chi connectivity index (χ3v) is 15.8. The van der Waals surface area contributed by atoms with E-state index >= 15 is 0 Å². The topological polar surface area (TPSA) is 12.5 Å². The van der Waals surface area contributed by atoms with Crippen LogP contribution in [0.5, 0.6) is 11.5 Å². The number of hydrogen-bond acceptors (Lipinski definition) is 2. The summed E-state index contributed by atoms with van der Waals surface area (Å²) < 4.78 is 6.70. The predicted molar refractivity (Wildman–Crippen MR) is 230 cm³/mol. The molecular formula is C52H39NOSi. The first-order chi connectivity index (χ1) is 27.0. The van der Waals surface area contributed by atoms with E-state index < -0.39 is 14.2 Å². The third-order valence-electron chi connectivity index (χ3n) is 12.5. The van der Waals surface area contributed by atoms with Crippen LogP contribution in [-0.2, 0) is 10.8 Å². The molecule has 0 N–H and O–H groups in total. The highest BCUT2D eigenvalue weighted by molar-refractivity contribution is 6.96. The summed E-state index contributed by atoms with van der Waals surface area (Å²) in [5.41, 5.74) is 13.2. The van der Waals surface area contributed by atoms with E-state index in [1.54, 1.807) is 0 Å². The fourth-order valence-corrected chi connectivity index (χ4v) is 13.5. The van der Waals surface area contributed by atoms with Crippen molar-refractivity contribution in [3.05, 3.63) is 228 Å². The lowest BCUT2D eigenvalue weighted by molar-refractivity contribution is 0.435. The highest BCUT2D eigenvalue weighted by atomic mass is 28.3. The molecular weight excluding hydrogens is 683 g/mol. The molecule has 3 aliphatic rings. The Morgan fingerprint density at radius 1 is 0.418 bits per heavy atom. The fourth-order valence-electron chi connectivity index (χ4n) is 10.0. The van der Waals surface area contributed by atoms with E-state index in [0.717, 1.165) is 17.2 Å². The van der Waals surface area contributed by atoms with E-state index in [1.807, 2.05) is 0 Å². The van der Waals surface area contributed by atoms with Gasteiger partial charge in [0, 0.05) is 22.2 Å². The first-order valence-corrected chi connectivity index (χ1v) is 21.0. The molecule has 1 spiro atoms. The second kappa shape index (κ2) is 12.0. The molecule has 1 atom stereocenters. The number of hydrogen-bond donors (Lipinski definition) is 0. The largest absolute Gasteiger partial charge is 0.457 e. The van der Waals surface area contributed by atoms with Crippen LogP contribution in [0.4, 0.5) is 17.1 Å². The molecule has 2 nitrogen and oxygen atoms in total. The standard InChI is InChI=1S/C52H39NOSi/c1-51(2)39-18-6-11-23-45(39)53(46-24-12-7-19-40(46)51)37-31-28-35(29-32-37)36-30-33-50-44(34-36)52(41-20-8-13-25-47(41)54-48-26-14-9-21-42(48)52)43-22-10-15-27-49(43)55(50)38-16-4-3-5-17-38/h3-34,55H,1-2H3. The van der Waals surface area contributed by atoms with Gasteiger partial charge in [0.2, 0.25) is 0 Å². The maximum absolute atomic E-state index is 6.70. The summed E-state index contributed by atoms with van der Waals surface area (Å²) in [6, 6.07) is 72.1. The van der Waals surface area contributed by atoms with Crippen molar-refractivity contribution < 1.29 is 4.74 Å². The molecule has 3 heterocycles. The lowest BCUT2D eigenvalue weighted by Crippen LogP contribution is -2.62. The van der Waals surface area contributed by atoms with Crippen molar-refractivity contribution in [1.29, 1.82) is 0 Å². The van der Waals surface area contributed by atoms with Crippen LogP contribution in [-0.4, -0.2) is 8.80 Å². The van der Waals surface area contributed by atoms with Gasteiger partial charge < -0.3 is 9.64 Å². The number of ether oxygens (including phenoxy) is 1. The Morgan fingerprint density at radius 2 is 0.909 bits per heavy atom. The second-order valence-electron chi connectivity index (χ2n) is 15.6. The predicted octanol–water partition coefficient (Wildman–Crippen LogP) is 10.5. The summed E-state index contributed by atoms with van der Waals surface area (Å²) in [5, 5.41) is 4.36. The van der Waals surface area contributed by atoms with Crippen LogP contribution in [0.1, 0.15) is 47.2 Å². The monoisotopic (exact) mass is 721 g/mol. The summed E-state index contributed by atoms with van der Waals surface area (Å²) in [7, 11) is -1.87. The zero-order chi connectivity index (χ0) is 36.7. The highest BCUT2D eigenvalue weighted by Crippen LogP contribution is 2.56. The van der Waals surface area contributed by atoms with E-state index in [9.17, 15) is 0 Å². The summed E-state index contributed by atoms with van der Waals surface area (Å²) in [5.74, 6) is 1.84. The number of rotatable bonds is 3. The molecule has 0 aromatic heterocycles. The molecule has 11 rings (SSSR count). The second-order valence-corrected chi connectivity index (χ2v) is 18.4. The molecule has 8 aromatic rings. The van der Waals surface area contributed by atoms with Crippen LogP contribution < -0.4 is 25.2 Å². The van der Waals surface area contributed by atoms with Gasteiger partial charge in [0.05, 0.1) is 16.8 Å². The Bertz CT molecular complexity index is 2690. The van der Waals surface area contributed by atoms with Crippen molar-refractivity contribution >= 4 is 41.4 Å². The average Bonchev–Trinajstić information content (AvgIpc) is 3.24. The van der Waals surface area contributed by atoms with E-state index in [1.165, 1.54) is 71.4 Å². The van der Waals surface area contributed by atoms with Crippen LogP contribution in [0.25, 0.3) is 11.1 Å². The summed E-state index contributed by atoms with van der Waals surface area (Å²) >= 11 is 0.